The molecule has 3 rings (SSSR count). The minimum Gasteiger partial charge on any atom is -0.485 e. The van der Waals surface area contributed by atoms with E-state index in [2.05, 4.69) is 0 Å². The summed E-state index contributed by atoms with van der Waals surface area (Å²) in [5, 5.41) is 0.492. The Morgan fingerprint density at radius 3 is 2.50 bits per heavy atom. The minimum absolute atomic E-state index is 0.0356. The number of amides is 2. The zero-order chi connectivity index (χ0) is 14.1. The SMILES string of the molecule is O=C(ON1C(=O)CCC1=O)[C@H]1COc2ccccc2O1. The van der Waals surface area contributed by atoms with Crippen molar-refractivity contribution in [3.05, 3.63) is 24.3 Å². The number of nitrogens with zero attached hydrogens (tertiary/aromatic N) is 1. The molecule has 0 N–H and O–H groups in total. The van der Waals surface area contributed by atoms with Crippen LogP contribution in [0.15, 0.2) is 24.3 Å². The molecule has 2 aliphatic heterocycles. The van der Waals surface area contributed by atoms with E-state index in [1.165, 1.54) is 0 Å². The van der Waals surface area contributed by atoms with E-state index in [9.17, 15) is 14.4 Å². The Kier molecular flexibility index (Phi) is 3.02. The van der Waals surface area contributed by atoms with E-state index in [-0.39, 0.29) is 19.4 Å². The highest BCUT2D eigenvalue weighted by atomic mass is 16.7. The molecule has 1 aromatic carbocycles. The number of benzene rings is 1. The maximum atomic E-state index is 11.9. The molecule has 0 saturated carbocycles. The lowest BCUT2D eigenvalue weighted by Gasteiger charge is -2.25. The van der Waals surface area contributed by atoms with Gasteiger partial charge < -0.3 is 14.3 Å². The van der Waals surface area contributed by atoms with Crippen LogP contribution >= 0.6 is 0 Å². The zero-order valence-corrected chi connectivity index (χ0v) is 10.4. The van der Waals surface area contributed by atoms with E-state index in [0.717, 1.165) is 0 Å². The molecule has 20 heavy (non-hydrogen) atoms. The van der Waals surface area contributed by atoms with Crippen LogP contribution in [0.5, 0.6) is 11.5 Å². The number of hydrogen-bond donors (Lipinski definition) is 0. The van der Waals surface area contributed by atoms with Crippen molar-refractivity contribution in [1.82, 2.24) is 5.06 Å². The van der Waals surface area contributed by atoms with E-state index in [1.807, 2.05) is 0 Å². The number of hydroxylamine groups is 2. The van der Waals surface area contributed by atoms with Crippen LogP contribution in [0, 0.1) is 0 Å². The predicted octanol–water partition coefficient (Wildman–Crippen LogP) is 0.434. The van der Waals surface area contributed by atoms with Gasteiger partial charge in [0, 0.05) is 12.8 Å². The van der Waals surface area contributed by atoms with Gasteiger partial charge in [-0.05, 0) is 12.1 Å². The second kappa shape index (κ2) is 4.84. The van der Waals surface area contributed by atoms with E-state index in [4.69, 9.17) is 14.3 Å². The quantitative estimate of drug-likeness (QED) is 0.729. The number of para-hydroxylation sites is 2. The van der Waals surface area contributed by atoms with Crippen molar-refractivity contribution < 1.29 is 28.7 Å². The Labute approximate surface area is 114 Å². The molecule has 1 fully saturated rings. The lowest BCUT2D eigenvalue weighted by Crippen LogP contribution is -2.42. The summed E-state index contributed by atoms with van der Waals surface area (Å²) in [6.45, 7) is -0.0356. The largest absolute Gasteiger partial charge is 0.485 e. The Morgan fingerprint density at radius 2 is 1.80 bits per heavy atom. The van der Waals surface area contributed by atoms with Gasteiger partial charge in [0.25, 0.3) is 11.8 Å². The topological polar surface area (TPSA) is 82.1 Å². The summed E-state index contributed by atoms with van der Waals surface area (Å²) in [6, 6.07) is 6.89. The van der Waals surface area contributed by atoms with Crippen LogP contribution in [-0.4, -0.2) is 35.6 Å². The van der Waals surface area contributed by atoms with Crippen molar-refractivity contribution in [3.8, 4) is 11.5 Å². The number of rotatable bonds is 2. The fraction of sp³-hybridized carbons (Fsp3) is 0.308. The molecule has 0 aromatic heterocycles. The first-order chi connectivity index (χ1) is 9.65. The maximum absolute atomic E-state index is 11.9. The molecule has 0 spiro atoms. The van der Waals surface area contributed by atoms with E-state index in [0.29, 0.717) is 16.6 Å². The number of carbonyl (C=O) groups excluding carboxylic acids is 3. The normalized spacial score (nSPS) is 21.0. The highest BCUT2D eigenvalue weighted by molar-refractivity contribution is 6.01. The second-order valence-electron chi connectivity index (χ2n) is 4.36. The zero-order valence-electron chi connectivity index (χ0n) is 10.4. The van der Waals surface area contributed by atoms with Crippen LogP contribution in [0.4, 0.5) is 0 Å². The summed E-state index contributed by atoms with van der Waals surface area (Å²) >= 11 is 0. The molecule has 2 amide bonds. The van der Waals surface area contributed by atoms with Crippen molar-refractivity contribution in [2.45, 2.75) is 18.9 Å². The van der Waals surface area contributed by atoms with Gasteiger partial charge in [0.05, 0.1) is 0 Å². The van der Waals surface area contributed by atoms with Gasteiger partial charge in [-0.15, -0.1) is 5.06 Å². The van der Waals surface area contributed by atoms with Crippen LogP contribution in [0.25, 0.3) is 0 Å². The molecule has 2 heterocycles. The lowest BCUT2D eigenvalue weighted by atomic mass is 10.2. The van der Waals surface area contributed by atoms with E-state index in [1.54, 1.807) is 24.3 Å². The van der Waals surface area contributed by atoms with Crippen LogP contribution in [-0.2, 0) is 19.2 Å². The summed E-state index contributed by atoms with van der Waals surface area (Å²) in [5.74, 6) is -0.936. The monoisotopic (exact) mass is 277 g/mol. The van der Waals surface area contributed by atoms with Gasteiger partial charge in [0.1, 0.15) is 6.61 Å². The molecular weight excluding hydrogens is 266 g/mol. The number of ether oxygens (including phenoxy) is 2. The van der Waals surface area contributed by atoms with E-state index < -0.39 is 23.9 Å². The second-order valence-corrected chi connectivity index (χ2v) is 4.36. The number of fused-ring (bicyclic) bond motifs is 1. The highest BCUT2D eigenvalue weighted by Crippen LogP contribution is 2.31. The Hall–Kier alpha value is -2.57. The van der Waals surface area contributed by atoms with Gasteiger partial charge in [-0.3, -0.25) is 9.59 Å². The first-order valence-electron chi connectivity index (χ1n) is 6.11. The molecule has 2 aliphatic rings. The van der Waals surface area contributed by atoms with Crippen LogP contribution in [0.3, 0.4) is 0 Å². The predicted molar refractivity (Wildman–Crippen MR) is 63.5 cm³/mol. The van der Waals surface area contributed by atoms with Crippen molar-refractivity contribution in [3.63, 3.8) is 0 Å². The Morgan fingerprint density at radius 1 is 1.15 bits per heavy atom. The van der Waals surface area contributed by atoms with Crippen molar-refractivity contribution in [2.75, 3.05) is 6.61 Å². The lowest BCUT2D eigenvalue weighted by molar-refractivity contribution is -0.203. The fourth-order valence-electron chi connectivity index (χ4n) is 1.94. The smallest absolute Gasteiger partial charge is 0.376 e. The molecule has 7 nitrogen and oxygen atoms in total. The average molecular weight is 277 g/mol. The van der Waals surface area contributed by atoms with Gasteiger partial charge >= 0.3 is 5.97 Å². The number of hydrogen-bond acceptors (Lipinski definition) is 6. The summed E-state index contributed by atoms with van der Waals surface area (Å²) in [4.78, 5) is 39.4. The molecular formula is C13H11NO6. The van der Waals surface area contributed by atoms with Gasteiger partial charge in [0.15, 0.2) is 11.5 Å². The van der Waals surface area contributed by atoms with Crippen molar-refractivity contribution in [2.24, 2.45) is 0 Å². The molecule has 104 valence electrons. The van der Waals surface area contributed by atoms with Crippen LogP contribution in [0.1, 0.15) is 12.8 Å². The standard InChI is InChI=1S/C13H11NO6/c15-11-5-6-12(16)14(11)20-13(17)10-7-18-8-3-1-2-4-9(8)19-10/h1-4,10H,5-7H2/t10-/m1/s1. The maximum Gasteiger partial charge on any atom is 0.376 e. The van der Waals surface area contributed by atoms with Gasteiger partial charge in [-0.1, -0.05) is 12.1 Å². The minimum atomic E-state index is -1.01. The molecule has 7 heteroatoms. The molecule has 0 aliphatic carbocycles. The Balaban J connectivity index is 1.67. The molecule has 0 radical (unpaired) electrons. The molecule has 1 saturated heterocycles. The summed E-state index contributed by atoms with van der Waals surface area (Å²) in [5.41, 5.74) is 0. The van der Waals surface area contributed by atoms with Crippen molar-refractivity contribution in [1.29, 1.82) is 0 Å². The summed E-state index contributed by atoms with van der Waals surface area (Å²) in [7, 11) is 0. The van der Waals surface area contributed by atoms with Crippen LogP contribution in [0.2, 0.25) is 0 Å². The third-order valence-electron chi connectivity index (χ3n) is 2.96. The van der Waals surface area contributed by atoms with E-state index >= 15 is 0 Å². The number of imide groups is 1. The molecule has 1 aromatic rings. The van der Waals surface area contributed by atoms with Crippen molar-refractivity contribution >= 4 is 17.8 Å². The van der Waals surface area contributed by atoms with Gasteiger partial charge in [-0.2, -0.15) is 0 Å². The molecule has 1 atom stereocenters. The third-order valence-corrected chi connectivity index (χ3v) is 2.96. The first-order valence-corrected chi connectivity index (χ1v) is 6.11. The highest BCUT2D eigenvalue weighted by Gasteiger charge is 2.37. The first kappa shape index (κ1) is 12.5. The molecule has 0 bridgehead atoms. The van der Waals surface area contributed by atoms with Gasteiger partial charge in [0.2, 0.25) is 6.10 Å². The fourth-order valence-corrected chi connectivity index (χ4v) is 1.94. The summed E-state index contributed by atoms with van der Waals surface area (Å²) < 4.78 is 10.8. The third kappa shape index (κ3) is 2.18. The average Bonchev–Trinajstić information content (AvgIpc) is 2.78. The number of carbonyl (C=O) groups is 3. The molecule has 0 unspecified atom stereocenters. The summed E-state index contributed by atoms with van der Waals surface area (Å²) in [6.07, 6.45) is -0.903. The van der Waals surface area contributed by atoms with Crippen LogP contribution < -0.4 is 9.47 Å². The Bertz CT molecular complexity index is 568. The van der Waals surface area contributed by atoms with Gasteiger partial charge in [-0.25, -0.2) is 4.79 Å².